The number of aliphatic carboxylic acids is 1. The van der Waals surface area contributed by atoms with Gasteiger partial charge in [-0.3, -0.25) is 4.90 Å². The summed E-state index contributed by atoms with van der Waals surface area (Å²) in [5.74, 6) is -0.880. The zero-order valence-electron chi connectivity index (χ0n) is 17.3. The maximum Gasteiger partial charge on any atom is 0.490 e. The number of nitrogens with zero attached hydrogens (tertiary/aromatic N) is 6. The fraction of sp³-hybridized carbons (Fsp3) is 0.579. The number of aromatic nitrogens is 4. The molecule has 4 heterocycles. The Labute approximate surface area is 177 Å². The van der Waals surface area contributed by atoms with Gasteiger partial charge in [0.15, 0.2) is 0 Å². The Morgan fingerprint density at radius 3 is 2.58 bits per heavy atom. The highest BCUT2D eigenvalue weighted by Gasteiger charge is 2.46. The largest absolute Gasteiger partial charge is 0.490 e. The van der Waals surface area contributed by atoms with Gasteiger partial charge in [-0.2, -0.15) is 13.2 Å². The van der Waals surface area contributed by atoms with Crippen molar-refractivity contribution in [1.82, 2.24) is 24.4 Å². The summed E-state index contributed by atoms with van der Waals surface area (Å²) in [6, 6.07) is 2.18. The molecule has 0 radical (unpaired) electrons. The Kier molecular flexibility index (Phi) is 6.80. The highest BCUT2D eigenvalue weighted by molar-refractivity contribution is 5.73. The molecular weight excluding hydrogens is 417 g/mol. The van der Waals surface area contributed by atoms with E-state index in [-0.39, 0.29) is 5.60 Å². The molecule has 1 spiro atoms. The molecule has 2 aromatic heterocycles. The molecule has 0 amide bonds. The molecule has 9 nitrogen and oxygen atoms in total. The van der Waals surface area contributed by atoms with Gasteiger partial charge in [-0.05, 0) is 12.5 Å². The van der Waals surface area contributed by atoms with Crippen molar-refractivity contribution in [2.75, 3.05) is 31.6 Å². The molecule has 2 unspecified atom stereocenters. The number of hydrogen-bond acceptors (Lipinski definition) is 7. The Morgan fingerprint density at radius 1 is 1.32 bits per heavy atom. The number of halogens is 3. The van der Waals surface area contributed by atoms with Crippen molar-refractivity contribution in [2.45, 2.75) is 37.2 Å². The minimum absolute atomic E-state index is 0.0289. The summed E-state index contributed by atoms with van der Waals surface area (Å²) in [6.07, 6.45) is 4.45. The van der Waals surface area contributed by atoms with E-state index < -0.39 is 12.1 Å². The molecule has 0 aliphatic carbocycles. The zero-order chi connectivity index (χ0) is 22.6. The molecule has 4 rings (SSSR count). The standard InChI is InChI=1S/C17H24N6O.C2HF3O2/c1-21-9-7-18-15(21)11-23-8-4-17(13-23)10-14(12-24-17)22(2)16-19-5-3-6-20-16;3-2(4,5)1(6)7/h3,5-7,9,14H,4,8,10-13H2,1-2H3;(H,6,7). The third-order valence-electron chi connectivity index (χ3n) is 5.53. The van der Waals surface area contributed by atoms with Crippen LogP contribution in [0.25, 0.3) is 0 Å². The molecule has 2 fully saturated rings. The zero-order valence-corrected chi connectivity index (χ0v) is 17.3. The predicted molar refractivity (Wildman–Crippen MR) is 104 cm³/mol. The molecule has 170 valence electrons. The van der Waals surface area contributed by atoms with Crippen LogP contribution in [0.5, 0.6) is 0 Å². The Hall–Kier alpha value is -2.73. The van der Waals surface area contributed by atoms with Gasteiger partial charge in [0.1, 0.15) is 5.82 Å². The quantitative estimate of drug-likeness (QED) is 0.765. The van der Waals surface area contributed by atoms with E-state index in [0.29, 0.717) is 6.04 Å². The van der Waals surface area contributed by atoms with E-state index in [1.165, 1.54) is 0 Å². The first-order chi connectivity index (χ1) is 14.6. The Balaban J connectivity index is 0.000000339. The fourth-order valence-electron chi connectivity index (χ4n) is 3.80. The van der Waals surface area contributed by atoms with E-state index in [9.17, 15) is 13.2 Å². The molecule has 0 aromatic carbocycles. The van der Waals surface area contributed by atoms with E-state index in [0.717, 1.165) is 50.9 Å². The van der Waals surface area contributed by atoms with Crippen LogP contribution in [0, 0.1) is 0 Å². The number of hydrogen-bond donors (Lipinski definition) is 1. The van der Waals surface area contributed by atoms with Crippen LogP contribution in [0.15, 0.2) is 30.9 Å². The third kappa shape index (κ3) is 5.70. The number of carboxylic acid groups (broad SMARTS) is 1. The van der Waals surface area contributed by atoms with Gasteiger partial charge >= 0.3 is 12.1 Å². The minimum atomic E-state index is -5.08. The van der Waals surface area contributed by atoms with Crippen LogP contribution in [-0.4, -0.2) is 80.1 Å². The van der Waals surface area contributed by atoms with Crippen LogP contribution in [0.3, 0.4) is 0 Å². The highest BCUT2D eigenvalue weighted by Crippen LogP contribution is 2.37. The van der Waals surface area contributed by atoms with Crippen molar-refractivity contribution in [2.24, 2.45) is 7.05 Å². The summed E-state index contributed by atoms with van der Waals surface area (Å²) in [5, 5.41) is 7.12. The molecule has 2 saturated heterocycles. The van der Waals surface area contributed by atoms with Crippen molar-refractivity contribution < 1.29 is 27.8 Å². The number of rotatable bonds is 4. The topological polar surface area (TPSA) is 96.6 Å². The van der Waals surface area contributed by atoms with Crippen LogP contribution in [-0.2, 0) is 23.1 Å². The number of alkyl halides is 3. The van der Waals surface area contributed by atoms with Crippen molar-refractivity contribution in [3.8, 4) is 0 Å². The van der Waals surface area contributed by atoms with Crippen LogP contribution < -0.4 is 4.90 Å². The summed E-state index contributed by atoms with van der Waals surface area (Å²) < 4.78 is 40.1. The molecule has 0 bridgehead atoms. The number of imidazole rings is 1. The summed E-state index contributed by atoms with van der Waals surface area (Å²) >= 11 is 0. The van der Waals surface area contributed by atoms with Gasteiger partial charge in [-0.1, -0.05) is 0 Å². The number of carbonyl (C=O) groups is 1. The van der Waals surface area contributed by atoms with Crippen molar-refractivity contribution in [3.63, 3.8) is 0 Å². The number of aryl methyl sites for hydroxylation is 1. The lowest BCUT2D eigenvalue weighted by Crippen LogP contribution is -2.37. The van der Waals surface area contributed by atoms with Gasteiger partial charge in [0.05, 0.1) is 24.8 Å². The number of likely N-dealkylation sites (tertiary alicyclic amines) is 1. The molecule has 2 aromatic rings. The molecule has 2 aliphatic rings. The predicted octanol–water partition coefficient (Wildman–Crippen LogP) is 1.71. The van der Waals surface area contributed by atoms with E-state index in [1.54, 1.807) is 12.4 Å². The van der Waals surface area contributed by atoms with Crippen molar-refractivity contribution in [1.29, 1.82) is 0 Å². The minimum Gasteiger partial charge on any atom is -0.475 e. The van der Waals surface area contributed by atoms with Gasteiger partial charge in [-0.25, -0.2) is 19.7 Å². The molecule has 0 saturated carbocycles. The summed E-state index contributed by atoms with van der Waals surface area (Å²) in [5.41, 5.74) is -0.0289. The third-order valence-corrected chi connectivity index (χ3v) is 5.53. The van der Waals surface area contributed by atoms with Crippen LogP contribution >= 0.6 is 0 Å². The van der Waals surface area contributed by atoms with Crippen LogP contribution in [0.2, 0.25) is 0 Å². The maximum absolute atomic E-state index is 10.6. The number of carboxylic acids is 1. The Bertz CT molecular complexity index is 878. The van der Waals surface area contributed by atoms with Gasteiger partial charge in [-0.15, -0.1) is 0 Å². The monoisotopic (exact) mass is 442 g/mol. The normalized spacial score (nSPS) is 23.6. The first-order valence-corrected chi connectivity index (χ1v) is 9.72. The maximum atomic E-state index is 10.6. The second-order valence-electron chi connectivity index (χ2n) is 7.73. The van der Waals surface area contributed by atoms with Gasteiger partial charge in [0, 0.05) is 58.4 Å². The number of ether oxygens (including phenoxy) is 1. The summed E-state index contributed by atoms with van der Waals surface area (Å²) in [7, 11) is 4.11. The highest BCUT2D eigenvalue weighted by atomic mass is 19.4. The lowest BCUT2D eigenvalue weighted by Gasteiger charge is -2.26. The van der Waals surface area contributed by atoms with Gasteiger partial charge in [0.2, 0.25) is 5.95 Å². The smallest absolute Gasteiger partial charge is 0.475 e. The average molecular weight is 442 g/mol. The van der Waals surface area contributed by atoms with Gasteiger partial charge in [0.25, 0.3) is 0 Å². The van der Waals surface area contributed by atoms with E-state index in [1.807, 2.05) is 25.5 Å². The lowest BCUT2D eigenvalue weighted by atomic mass is 9.97. The molecule has 31 heavy (non-hydrogen) atoms. The molecule has 1 N–H and O–H groups in total. The molecule has 12 heteroatoms. The van der Waals surface area contributed by atoms with Crippen molar-refractivity contribution in [3.05, 3.63) is 36.7 Å². The number of anilines is 1. The fourth-order valence-corrected chi connectivity index (χ4v) is 3.80. The van der Waals surface area contributed by atoms with Crippen LogP contribution in [0.4, 0.5) is 19.1 Å². The number of likely N-dealkylation sites (N-methyl/N-ethyl adjacent to an activating group) is 1. The summed E-state index contributed by atoms with van der Waals surface area (Å²) in [4.78, 5) is 26.6. The molecule has 2 aliphatic heterocycles. The molecule has 2 atom stereocenters. The van der Waals surface area contributed by atoms with Crippen LogP contribution in [0.1, 0.15) is 18.7 Å². The van der Waals surface area contributed by atoms with Gasteiger partial charge < -0.3 is 19.3 Å². The first-order valence-electron chi connectivity index (χ1n) is 9.72. The second kappa shape index (κ2) is 9.18. The molecular formula is C19H25F3N6O3. The average Bonchev–Trinajstić information content (AvgIpc) is 3.44. The SMILES string of the molecule is CN(c1ncccn1)C1COC2(CCN(Cc3nccn3C)C2)C1.O=C(O)C(F)(F)F. The Morgan fingerprint density at radius 2 is 2.00 bits per heavy atom. The van der Waals surface area contributed by atoms with E-state index in [2.05, 4.69) is 36.4 Å². The summed E-state index contributed by atoms with van der Waals surface area (Å²) in [6.45, 7) is 3.66. The van der Waals surface area contributed by atoms with E-state index in [4.69, 9.17) is 14.6 Å². The van der Waals surface area contributed by atoms with Crippen molar-refractivity contribution >= 4 is 11.9 Å². The second-order valence-corrected chi connectivity index (χ2v) is 7.73. The van der Waals surface area contributed by atoms with E-state index >= 15 is 0 Å². The lowest BCUT2D eigenvalue weighted by molar-refractivity contribution is -0.192. The first kappa shape index (κ1) is 22.9.